The predicted molar refractivity (Wildman–Crippen MR) is 117 cm³/mol. The highest BCUT2D eigenvalue weighted by atomic mass is 32.2. The van der Waals surface area contributed by atoms with Crippen LogP contribution < -0.4 is 10.2 Å². The molecule has 4 aromatic heterocycles. The van der Waals surface area contributed by atoms with Crippen molar-refractivity contribution in [2.75, 3.05) is 18.5 Å². The quantitative estimate of drug-likeness (QED) is 0.455. The largest absolute Gasteiger partial charge is 0.351 e. The molecule has 0 aliphatic rings. The van der Waals surface area contributed by atoms with Gasteiger partial charge in [0, 0.05) is 38.4 Å². The predicted octanol–water partition coefficient (Wildman–Crippen LogP) is 2.40. The van der Waals surface area contributed by atoms with E-state index in [0.29, 0.717) is 16.4 Å². The number of rotatable bonds is 7. The Labute approximate surface area is 183 Å². The first kappa shape index (κ1) is 20.9. The van der Waals surface area contributed by atoms with Crippen LogP contribution in [-0.2, 0) is 16.4 Å². The number of imidazole rings is 1. The Morgan fingerprint density at radius 2 is 2.00 bits per heavy atom. The van der Waals surface area contributed by atoms with Crippen LogP contribution in [0.3, 0.4) is 0 Å². The summed E-state index contributed by atoms with van der Waals surface area (Å²) in [5, 5.41) is 3.43. The Bertz CT molecular complexity index is 1330. The third-order valence-corrected chi connectivity index (χ3v) is 8.04. The van der Waals surface area contributed by atoms with Gasteiger partial charge in [0.25, 0.3) is 5.91 Å². The zero-order valence-electron chi connectivity index (χ0n) is 16.9. The third kappa shape index (κ3) is 4.28. The molecule has 0 bridgehead atoms. The van der Waals surface area contributed by atoms with Crippen LogP contribution in [0, 0.1) is 0 Å². The van der Waals surface area contributed by atoms with E-state index in [1.54, 1.807) is 41.2 Å². The first-order chi connectivity index (χ1) is 14.9. The molecular formula is C20H20N6O3S2. The Morgan fingerprint density at radius 1 is 1.16 bits per heavy atom. The van der Waals surface area contributed by atoms with Gasteiger partial charge in [0.05, 0.1) is 28.9 Å². The summed E-state index contributed by atoms with van der Waals surface area (Å²) >= 11 is 1.12. The summed E-state index contributed by atoms with van der Waals surface area (Å²) in [4.78, 5) is 26.9. The van der Waals surface area contributed by atoms with Crippen LogP contribution in [0.15, 0.2) is 64.4 Å². The summed E-state index contributed by atoms with van der Waals surface area (Å²) in [7, 11) is -1.84. The first-order valence-electron chi connectivity index (χ1n) is 9.46. The van der Waals surface area contributed by atoms with E-state index >= 15 is 0 Å². The molecule has 1 amide bonds. The lowest BCUT2D eigenvalue weighted by atomic mass is 10.2. The number of sulfone groups is 1. The van der Waals surface area contributed by atoms with E-state index in [2.05, 4.69) is 20.3 Å². The van der Waals surface area contributed by atoms with Crippen molar-refractivity contribution in [3.05, 3.63) is 66.5 Å². The van der Waals surface area contributed by atoms with E-state index in [1.807, 2.05) is 18.9 Å². The maximum Gasteiger partial charge on any atom is 0.253 e. The average molecular weight is 457 g/mol. The van der Waals surface area contributed by atoms with Crippen LogP contribution in [0.2, 0.25) is 0 Å². The van der Waals surface area contributed by atoms with Gasteiger partial charge in [-0.15, -0.1) is 0 Å². The van der Waals surface area contributed by atoms with Crippen LogP contribution in [0.4, 0.5) is 5.13 Å². The minimum Gasteiger partial charge on any atom is -0.351 e. The van der Waals surface area contributed by atoms with Gasteiger partial charge in [0.2, 0.25) is 9.84 Å². The van der Waals surface area contributed by atoms with Crippen molar-refractivity contribution >= 4 is 37.9 Å². The molecule has 0 fully saturated rings. The van der Waals surface area contributed by atoms with Gasteiger partial charge in [0.1, 0.15) is 9.86 Å². The monoisotopic (exact) mass is 456 g/mol. The molecule has 0 aliphatic carbocycles. The lowest BCUT2D eigenvalue weighted by Crippen LogP contribution is -2.23. The van der Waals surface area contributed by atoms with Crippen LogP contribution >= 0.6 is 11.3 Å². The molecule has 0 radical (unpaired) electrons. The number of hydrogen-bond donors (Lipinski definition) is 1. The second-order valence-corrected chi connectivity index (χ2v) is 9.94. The van der Waals surface area contributed by atoms with E-state index in [-0.39, 0.29) is 21.6 Å². The maximum absolute atomic E-state index is 12.8. The van der Waals surface area contributed by atoms with E-state index < -0.39 is 9.84 Å². The molecular weight excluding hydrogens is 436 g/mol. The topological polar surface area (TPSA) is 110 Å². The van der Waals surface area contributed by atoms with E-state index in [0.717, 1.165) is 23.5 Å². The molecule has 4 aromatic rings. The van der Waals surface area contributed by atoms with Crippen molar-refractivity contribution in [2.24, 2.45) is 0 Å². The van der Waals surface area contributed by atoms with Gasteiger partial charge in [0.15, 0.2) is 5.13 Å². The van der Waals surface area contributed by atoms with Gasteiger partial charge in [-0.25, -0.2) is 18.4 Å². The highest BCUT2D eigenvalue weighted by Crippen LogP contribution is 2.29. The second-order valence-electron chi connectivity index (χ2n) is 6.76. The van der Waals surface area contributed by atoms with E-state index in [9.17, 15) is 13.2 Å². The van der Waals surface area contributed by atoms with Crippen molar-refractivity contribution in [1.29, 1.82) is 0 Å². The Kier molecular flexibility index (Phi) is 5.70. The molecule has 0 saturated carbocycles. The zero-order valence-corrected chi connectivity index (χ0v) is 18.5. The van der Waals surface area contributed by atoms with Crippen LogP contribution in [0.25, 0.3) is 5.65 Å². The number of pyridine rings is 2. The van der Waals surface area contributed by atoms with Gasteiger partial charge in [-0.3, -0.25) is 9.78 Å². The van der Waals surface area contributed by atoms with Gasteiger partial charge < -0.3 is 14.6 Å². The molecule has 0 spiro atoms. The van der Waals surface area contributed by atoms with Crippen LogP contribution in [0.1, 0.15) is 23.0 Å². The van der Waals surface area contributed by atoms with Crippen molar-refractivity contribution in [1.82, 2.24) is 24.7 Å². The number of anilines is 1. The summed E-state index contributed by atoms with van der Waals surface area (Å²) in [6, 6.07) is 6.53. The summed E-state index contributed by atoms with van der Waals surface area (Å²) in [6.07, 6.45) is 7.79. The number of carbonyl (C=O) groups excluding carboxylic acids is 1. The number of fused-ring (bicyclic) bond motifs is 1. The first-order valence-corrected chi connectivity index (χ1v) is 11.8. The number of amides is 1. The second kappa shape index (κ2) is 8.44. The molecule has 160 valence electrons. The smallest absolute Gasteiger partial charge is 0.253 e. The molecule has 0 aliphatic heterocycles. The molecule has 0 aromatic carbocycles. The fraction of sp³-hybridized carbons (Fsp3) is 0.200. The van der Waals surface area contributed by atoms with Crippen LogP contribution in [0.5, 0.6) is 0 Å². The number of nitrogens with one attached hydrogen (secondary N) is 1. The van der Waals surface area contributed by atoms with Gasteiger partial charge in [-0.1, -0.05) is 11.3 Å². The van der Waals surface area contributed by atoms with Crippen molar-refractivity contribution in [3.63, 3.8) is 0 Å². The average Bonchev–Trinajstić information content (AvgIpc) is 3.46. The fourth-order valence-electron chi connectivity index (χ4n) is 2.80. The molecule has 1 N–H and O–H groups in total. The molecule has 31 heavy (non-hydrogen) atoms. The molecule has 4 rings (SSSR count). The van der Waals surface area contributed by atoms with E-state index in [4.69, 9.17) is 0 Å². The zero-order chi connectivity index (χ0) is 22.0. The number of aromatic nitrogens is 4. The fourth-order valence-corrected chi connectivity index (χ4v) is 5.29. The number of nitrogens with zero attached hydrogens (tertiary/aromatic N) is 5. The molecule has 0 saturated heterocycles. The normalized spacial score (nSPS) is 11.5. The number of hydrogen-bond acceptors (Lipinski definition) is 8. The summed E-state index contributed by atoms with van der Waals surface area (Å²) < 4.78 is 27.6. The van der Waals surface area contributed by atoms with Gasteiger partial charge in [-0.05, 0) is 31.2 Å². The standard InChI is InChI=1S/C20H20N6O3S2/c1-3-25(2)20-24-12-18(30-20)31(28,29)16-6-5-15(22-11-16)10-23-19(27)14-4-7-17-21-8-9-26(17)13-14/h4-9,11-13H,3,10H2,1-2H3,(H,23,27). The highest BCUT2D eigenvalue weighted by Gasteiger charge is 2.22. The molecule has 0 atom stereocenters. The maximum atomic E-state index is 12.8. The summed E-state index contributed by atoms with van der Waals surface area (Å²) in [5.41, 5.74) is 1.79. The van der Waals surface area contributed by atoms with E-state index in [1.165, 1.54) is 18.5 Å². The Balaban J connectivity index is 1.43. The minimum absolute atomic E-state index is 0.0856. The lowest BCUT2D eigenvalue weighted by Gasteiger charge is -2.11. The highest BCUT2D eigenvalue weighted by molar-refractivity contribution is 7.93. The lowest BCUT2D eigenvalue weighted by molar-refractivity contribution is 0.0950. The van der Waals surface area contributed by atoms with Gasteiger partial charge >= 0.3 is 0 Å². The minimum atomic E-state index is -3.70. The molecule has 0 unspecified atom stereocenters. The molecule has 4 heterocycles. The molecule has 11 heteroatoms. The SMILES string of the molecule is CCN(C)c1ncc(S(=O)(=O)c2ccc(CNC(=O)c3ccc4nccn4c3)nc2)s1. The Hall–Kier alpha value is -3.31. The third-order valence-electron chi connectivity index (χ3n) is 4.73. The number of carbonyl (C=O) groups is 1. The summed E-state index contributed by atoms with van der Waals surface area (Å²) in [5.74, 6) is -0.258. The van der Waals surface area contributed by atoms with Gasteiger partial charge in [-0.2, -0.15) is 0 Å². The number of thiazole rings is 1. The molecule has 9 nitrogen and oxygen atoms in total. The van der Waals surface area contributed by atoms with Crippen molar-refractivity contribution < 1.29 is 13.2 Å². The summed E-state index contributed by atoms with van der Waals surface area (Å²) in [6.45, 7) is 2.87. The van der Waals surface area contributed by atoms with Crippen LogP contribution in [-0.4, -0.2) is 47.3 Å². The van der Waals surface area contributed by atoms with Crippen molar-refractivity contribution in [3.8, 4) is 0 Å². The Morgan fingerprint density at radius 3 is 2.74 bits per heavy atom. The van der Waals surface area contributed by atoms with Crippen molar-refractivity contribution in [2.45, 2.75) is 22.6 Å².